The highest BCUT2D eigenvalue weighted by atomic mass is 16.4. The van der Waals surface area contributed by atoms with Crippen molar-refractivity contribution in [1.29, 1.82) is 0 Å². The Kier molecular flexibility index (Phi) is 3.32. The summed E-state index contributed by atoms with van der Waals surface area (Å²) in [6.07, 6.45) is 3.63. The van der Waals surface area contributed by atoms with Crippen molar-refractivity contribution in [3.63, 3.8) is 0 Å². The summed E-state index contributed by atoms with van der Waals surface area (Å²) in [7, 11) is 3.85. The van der Waals surface area contributed by atoms with Crippen LogP contribution in [0.2, 0.25) is 0 Å². The topological polar surface area (TPSA) is 58.4 Å². The molecule has 18 heavy (non-hydrogen) atoms. The van der Waals surface area contributed by atoms with Crippen LogP contribution in [-0.2, 0) is 13.6 Å². The van der Waals surface area contributed by atoms with Crippen molar-refractivity contribution >= 4 is 11.7 Å². The van der Waals surface area contributed by atoms with Crippen LogP contribution in [-0.4, -0.2) is 27.7 Å². The van der Waals surface area contributed by atoms with Crippen molar-refractivity contribution < 1.29 is 9.90 Å². The Morgan fingerprint density at radius 1 is 1.50 bits per heavy atom. The van der Waals surface area contributed by atoms with Crippen LogP contribution in [0.25, 0.3) is 0 Å². The number of carboxylic acid groups (broad SMARTS) is 1. The number of aromatic carboxylic acids is 1. The fourth-order valence-electron chi connectivity index (χ4n) is 1.73. The number of aromatic nitrogens is 2. The summed E-state index contributed by atoms with van der Waals surface area (Å²) < 4.78 is 1.94. The van der Waals surface area contributed by atoms with Gasteiger partial charge < -0.3 is 14.6 Å². The molecule has 5 heteroatoms. The number of carboxylic acids is 1. The van der Waals surface area contributed by atoms with Crippen LogP contribution < -0.4 is 4.90 Å². The van der Waals surface area contributed by atoms with Crippen LogP contribution in [0.5, 0.6) is 0 Å². The quantitative estimate of drug-likeness (QED) is 0.891. The maximum atomic E-state index is 10.9. The molecule has 0 saturated heterocycles. The zero-order chi connectivity index (χ0) is 13.1. The molecule has 0 aliphatic rings. The minimum absolute atomic E-state index is 0.291. The van der Waals surface area contributed by atoms with Gasteiger partial charge in [0.05, 0.1) is 12.1 Å². The molecule has 2 rings (SSSR count). The molecule has 0 unspecified atom stereocenters. The zero-order valence-electron chi connectivity index (χ0n) is 10.4. The number of hydrogen-bond donors (Lipinski definition) is 1. The fourth-order valence-corrected chi connectivity index (χ4v) is 1.73. The molecule has 94 valence electrons. The van der Waals surface area contributed by atoms with E-state index in [9.17, 15) is 4.79 Å². The third-order valence-corrected chi connectivity index (χ3v) is 2.83. The van der Waals surface area contributed by atoms with Gasteiger partial charge in [0, 0.05) is 32.2 Å². The Balaban J connectivity index is 2.18. The highest BCUT2D eigenvalue weighted by molar-refractivity contribution is 5.88. The molecule has 0 atom stereocenters. The summed E-state index contributed by atoms with van der Waals surface area (Å²) in [5, 5.41) is 8.96. The lowest BCUT2D eigenvalue weighted by atomic mass is 10.2. The second kappa shape index (κ2) is 4.91. The lowest BCUT2D eigenvalue weighted by Gasteiger charge is -2.19. The molecule has 1 aromatic heterocycles. The largest absolute Gasteiger partial charge is 0.478 e. The fraction of sp³-hybridized carbons (Fsp3) is 0.231. The first kappa shape index (κ1) is 12.2. The Hall–Kier alpha value is -2.30. The third-order valence-electron chi connectivity index (χ3n) is 2.83. The van der Waals surface area contributed by atoms with Gasteiger partial charge in [0.25, 0.3) is 0 Å². The van der Waals surface area contributed by atoms with Crippen LogP contribution in [0.1, 0.15) is 16.2 Å². The van der Waals surface area contributed by atoms with Crippen LogP contribution in [0.4, 0.5) is 5.69 Å². The predicted molar refractivity (Wildman–Crippen MR) is 68.7 cm³/mol. The Labute approximate surface area is 105 Å². The molecule has 0 aliphatic carbocycles. The normalized spacial score (nSPS) is 10.3. The van der Waals surface area contributed by atoms with Crippen molar-refractivity contribution in [2.24, 2.45) is 7.05 Å². The molecule has 5 nitrogen and oxygen atoms in total. The molecule has 0 fully saturated rings. The first-order chi connectivity index (χ1) is 8.58. The molecule has 0 bridgehead atoms. The average Bonchev–Trinajstić information content (AvgIpc) is 2.75. The minimum atomic E-state index is -0.915. The zero-order valence-corrected chi connectivity index (χ0v) is 10.4. The third kappa shape index (κ3) is 2.51. The number of carbonyl (C=O) groups is 1. The van der Waals surface area contributed by atoms with Crippen molar-refractivity contribution in [3.05, 3.63) is 48.0 Å². The van der Waals surface area contributed by atoms with E-state index in [1.165, 1.54) is 0 Å². The van der Waals surface area contributed by atoms with E-state index in [1.54, 1.807) is 24.4 Å². The van der Waals surface area contributed by atoms with E-state index >= 15 is 0 Å². The number of rotatable bonds is 4. The number of anilines is 1. The highest BCUT2D eigenvalue weighted by Gasteiger charge is 2.08. The summed E-state index contributed by atoms with van der Waals surface area (Å²) in [6, 6.07) is 6.87. The molecule has 0 aliphatic heterocycles. The summed E-state index contributed by atoms with van der Waals surface area (Å²) in [5.74, 6) is 0.0143. The van der Waals surface area contributed by atoms with E-state index in [0.717, 1.165) is 11.5 Å². The van der Waals surface area contributed by atoms with Gasteiger partial charge in [0.15, 0.2) is 0 Å². The van der Waals surface area contributed by atoms with Crippen LogP contribution >= 0.6 is 0 Å². The summed E-state index contributed by atoms with van der Waals surface area (Å²) >= 11 is 0. The summed E-state index contributed by atoms with van der Waals surface area (Å²) in [6.45, 7) is 0.632. The van der Waals surface area contributed by atoms with Gasteiger partial charge in [-0.3, -0.25) is 0 Å². The van der Waals surface area contributed by atoms with Crippen molar-refractivity contribution in [3.8, 4) is 0 Å². The second-order valence-corrected chi connectivity index (χ2v) is 4.17. The van der Waals surface area contributed by atoms with Crippen molar-refractivity contribution in [2.75, 3.05) is 11.9 Å². The van der Waals surface area contributed by atoms with E-state index in [0.29, 0.717) is 12.1 Å². The second-order valence-electron chi connectivity index (χ2n) is 4.17. The molecular weight excluding hydrogens is 230 g/mol. The Bertz CT molecular complexity index is 563. The van der Waals surface area contributed by atoms with Gasteiger partial charge in [0.2, 0.25) is 0 Å². The molecule has 1 N–H and O–H groups in total. The van der Waals surface area contributed by atoms with Crippen LogP contribution in [0.3, 0.4) is 0 Å². The van der Waals surface area contributed by atoms with Gasteiger partial charge >= 0.3 is 5.97 Å². The van der Waals surface area contributed by atoms with E-state index in [-0.39, 0.29) is 0 Å². The van der Waals surface area contributed by atoms with Crippen LogP contribution in [0, 0.1) is 0 Å². The van der Waals surface area contributed by atoms with Crippen molar-refractivity contribution in [2.45, 2.75) is 6.54 Å². The Morgan fingerprint density at radius 3 is 2.89 bits per heavy atom. The molecule has 1 heterocycles. The van der Waals surface area contributed by atoms with Gasteiger partial charge in [0.1, 0.15) is 5.82 Å². The molecule has 0 spiro atoms. The highest BCUT2D eigenvalue weighted by Crippen LogP contribution is 2.16. The van der Waals surface area contributed by atoms with Gasteiger partial charge in [-0.15, -0.1) is 0 Å². The van der Waals surface area contributed by atoms with E-state index < -0.39 is 5.97 Å². The number of hydrogen-bond acceptors (Lipinski definition) is 3. The molecule has 0 saturated carbocycles. The van der Waals surface area contributed by atoms with E-state index in [2.05, 4.69) is 4.98 Å². The monoisotopic (exact) mass is 245 g/mol. The van der Waals surface area contributed by atoms with Gasteiger partial charge in [-0.25, -0.2) is 9.78 Å². The SMILES string of the molecule is CN(Cc1nccn1C)c1cccc(C(=O)O)c1. The minimum Gasteiger partial charge on any atom is -0.478 e. The molecule has 2 aromatic rings. The lowest BCUT2D eigenvalue weighted by Crippen LogP contribution is -2.19. The van der Waals surface area contributed by atoms with E-state index in [1.807, 2.05) is 35.8 Å². The number of aryl methyl sites for hydroxylation is 1. The smallest absolute Gasteiger partial charge is 0.335 e. The Morgan fingerprint density at radius 2 is 2.28 bits per heavy atom. The predicted octanol–water partition coefficient (Wildman–Crippen LogP) is 1.75. The van der Waals surface area contributed by atoms with Gasteiger partial charge in [-0.1, -0.05) is 6.07 Å². The summed E-state index contributed by atoms with van der Waals surface area (Å²) in [4.78, 5) is 17.1. The van der Waals surface area contributed by atoms with E-state index in [4.69, 9.17) is 5.11 Å². The average molecular weight is 245 g/mol. The molecule has 1 aromatic carbocycles. The maximum absolute atomic E-state index is 10.9. The molecule has 0 radical (unpaired) electrons. The first-order valence-corrected chi connectivity index (χ1v) is 5.58. The van der Waals surface area contributed by atoms with Gasteiger partial charge in [-0.05, 0) is 18.2 Å². The number of nitrogens with zero attached hydrogens (tertiary/aromatic N) is 3. The maximum Gasteiger partial charge on any atom is 0.335 e. The molecule has 0 amide bonds. The van der Waals surface area contributed by atoms with Crippen LogP contribution in [0.15, 0.2) is 36.7 Å². The lowest BCUT2D eigenvalue weighted by molar-refractivity contribution is 0.0697. The van der Waals surface area contributed by atoms with Gasteiger partial charge in [-0.2, -0.15) is 0 Å². The first-order valence-electron chi connectivity index (χ1n) is 5.58. The number of imidazole rings is 1. The standard InChI is InChI=1S/C13H15N3O2/c1-15-7-6-14-12(15)9-16(2)11-5-3-4-10(8-11)13(17)18/h3-8H,9H2,1-2H3,(H,17,18). The summed E-state index contributed by atoms with van der Waals surface area (Å²) in [5.41, 5.74) is 1.15. The number of benzene rings is 1. The van der Waals surface area contributed by atoms with Crippen molar-refractivity contribution in [1.82, 2.24) is 9.55 Å². The molecular formula is C13H15N3O2.